The molecule has 0 fully saturated rings. The molecule has 1 heterocycles. The number of hydrogen-bond donors (Lipinski definition) is 4. The number of amides is 4. The summed E-state index contributed by atoms with van der Waals surface area (Å²) in [5.74, 6) is -3.79. The van der Waals surface area contributed by atoms with Crippen molar-refractivity contribution in [3.05, 3.63) is 95.7 Å². The number of nitrogens with one attached hydrogen (secondary N) is 3. The third kappa shape index (κ3) is 9.68. The lowest BCUT2D eigenvalue weighted by atomic mass is 9.98. The Morgan fingerprint density at radius 1 is 0.800 bits per heavy atom. The molecule has 4 amide bonds. The molecule has 0 aliphatic heterocycles. The van der Waals surface area contributed by atoms with Gasteiger partial charge < -0.3 is 35.9 Å². The van der Waals surface area contributed by atoms with Crippen LogP contribution < -0.4 is 21.7 Å². The first-order valence-electron chi connectivity index (χ1n) is 18.0. The molecular weight excluding hydrogens is 706 g/mol. The van der Waals surface area contributed by atoms with Crippen LogP contribution in [-0.4, -0.2) is 77.4 Å². The molecule has 0 saturated heterocycles. The molecule has 1 aliphatic rings. The van der Waals surface area contributed by atoms with Crippen LogP contribution >= 0.6 is 0 Å². The van der Waals surface area contributed by atoms with E-state index < -0.39 is 66.2 Å². The smallest absolute Gasteiger partial charge is 0.419 e. The number of esters is 1. The molecular formula is C41H47N5O9. The molecule has 0 saturated carbocycles. The maximum Gasteiger partial charge on any atom is 0.419 e. The monoisotopic (exact) mass is 753 g/mol. The average Bonchev–Trinajstić information content (AvgIpc) is 3.66. The molecule has 55 heavy (non-hydrogen) atoms. The average molecular weight is 754 g/mol. The summed E-state index contributed by atoms with van der Waals surface area (Å²) >= 11 is 0. The zero-order chi connectivity index (χ0) is 40.0. The predicted molar refractivity (Wildman–Crippen MR) is 204 cm³/mol. The minimum Gasteiger partial charge on any atom is -0.454 e. The molecule has 5 N–H and O–H groups in total. The van der Waals surface area contributed by atoms with Gasteiger partial charge in [0, 0.05) is 23.9 Å². The summed E-state index contributed by atoms with van der Waals surface area (Å²) in [7, 11) is 0. The molecule has 290 valence electrons. The Labute approximate surface area is 319 Å². The van der Waals surface area contributed by atoms with Gasteiger partial charge in [-0.15, -0.1) is 0 Å². The molecule has 14 heteroatoms. The van der Waals surface area contributed by atoms with Crippen LogP contribution in [0, 0.1) is 5.92 Å². The predicted octanol–water partition coefficient (Wildman–Crippen LogP) is 4.55. The van der Waals surface area contributed by atoms with Crippen molar-refractivity contribution in [2.45, 2.75) is 77.6 Å². The molecule has 1 aliphatic carbocycles. The van der Waals surface area contributed by atoms with E-state index in [-0.39, 0.29) is 24.9 Å². The summed E-state index contributed by atoms with van der Waals surface area (Å²) < 4.78 is 17.6. The lowest BCUT2D eigenvalue weighted by Crippen LogP contribution is -2.53. The number of primary amides is 1. The van der Waals surface area contributed by atoms with E-state index in [1.54, 1.807) is 58.9 Å². The van der Waals surface area contributed by atoms with E-state index in [0.717, 1.165) is 22.3 Å². The topological polar surface area (TPSA) is 197 Å². The van der Waals surface area contributed by atoms with Crippen LogP contribution in [0.5, 0.6) is 0 Å². The van der Waals surface area contributed by atoms with E-state index in [9.17, 15) is 28.8 Å². The Balaban J connectivity index is 1.12. The van der Waals surface area contributed by atoms with Crippen molar-refractivity contribution in [1.29, 1.82) is 0 Å². The van der Waals surface area contributed by atoms with Crippen molar-refractivity contribution in [2.24, 2.45) is 11.7 Å². The minimum atomic E-state index is -1.21. The number of para-hydroxylation sites is 1. The maximum absolute atomic E-state index is 13.2. The van der Waals surface area contributed by atoms with E-state index in [1.807, 2.05) is 48.5 Å². The van der Waals surface area contributed by atoms with Crippen LogP contribution in [0.25, 0.3) is 22.0 Å². The van der Waals surface area contributed by atoms with Gasteiger partial charge in [0.2, 0.25) is 11.8 Å². The largest absolute Gasteiger partial charge is 0.454 e. The van der Waals surface area contributed by atoms with Crippen molar-refractivity contribution < 1.29 is 43.0 Å². The molecule has 0 radical (unpaired) electrons. The van der Waals surface area contributed by atoms with Gasteiger partial charge in [-0.05, 0) is 67.5 Å². The van der Waals surface area contributed by atoms with Crippen LogP contribution in [-0.2, 0) is 39.8 Å². The summed E-state index contributed by atoms with van der Waals surface area (Å²) in [4.78, 5) is 77.0. The van der Waals surface area contributed by atoms with Gasteiger partial charge in [0.05, 0.1) is 5.52 Å². The number of rotatable bonds is 13. The quantitative estimate of drug-likeness (QED) is 0.112. The van der Waals surface area contributed by atoms with Gasteiger partial charge in [-0.2, -0.15) is 0 Å². The third-order valence-corrected chi connectivity index (χ3v) is 9.11. The number of aromatic nitrogens is 1. The molecule has 3 aromatic carbocycles. The Kier molecular flexibility index (Phi) is 12.3. The van der Waals surface area contributed by atoms with Crippen LogP contribution in [0.15, 0.2) is 79.0 Å². The van der Waals surface area contributed by atoms with Gasteiger partial charge in [0.15, 0.2) is 6.61 Å². The molecule has 0 spiro atoms. The molecule has 0 unspecified atom stereocenters. The SMILES string of the molecule is CC(C)[C@H](NC(=O)OCC1c2ccccc2-c2ccccc21)C(=O)N[C@@H](C)C(=O)OCC(=O)N[C@@H](Cc1cn(C(=O)OC(C)(C)C)c2ccccc12)C(N)=O. The summed E-state index contributed by atoms with van der Waals surface area (Å²) in [6.07, 6.45) is 0.0554. The highest BCUT2D eigenvalue weighted by Gasteiger charge is 2.32. The van der Waals surface area contributed by atoms with Gasteiger partial charge in [-0.1, -0.05) is 80.6 Å². The van der Waals surface area contributed by atoms with Crippen LogP contribution in [0.3, 0.4) is 0 Å². The minimum absolute atomic E-state index is 0.0586. The van der Waals surface area contributed by atoms with Crippen molar-refractivity contribution >= 4 is 46.8 Å². The number of fused-ring (bicyclic) bond motifs is 4. The van der Waals surface area contributed by atoms with Crippen molar-refractivity contribution in [1.82, 2.24) is 20.5 Å². The van der Waals surface area contributed by atoms with Gasteiger partial charge in [-0.25, -0.2) is 14.4 Å². The van der Waals surface area contributed by atoms with E-state index in [2.05, 4.69) is 16.0 Å². The molecule has 5 rings (SSSR count). The van der Waals surface area contributed by atoms with E-state index in [0.29, 0.717) is 16.5 Å². The fourth-order valence-corrected chi connectivity index (χ4v) is 6.48. The number of nitrogens with two attached hydrogens (primary N) is 1. The third-order valence-electron chi connectivity index (χ3n) is 9.11. The number of benzene rings is 3. The van der Waals surface area contributed by atoms with Crippen molar-refractivity contribution in [3.8, 4) is 11.1 Å². The number of alkyl carbamates (subject to hydrolysis) is 1. The molecule has 0 bridgehead atoms. The number of ether oxygens (including phenoxy) is 3. The second kappa shape index (κ2) is 16.9. The Hall–Kier alpha value is -6.18. The number of hydrogen-bond acceptors (Lipinski definition) is 9. The zero-order valence-corrected chi connectivity index (χ0v) is 31.7. The number of carbonyl (C=O) groups is 6. The standard InChI is InChI=1S/C41H47N5O9/c1-23(2)35(45-39(51)54-21-31-29-16-9-7-14-27(29)28-15-8-10-17-30(28)31)37(49)43-24(3)38(50)53-22-34(47)44-32(36(42)48)19-25-20-46(40(52)55-41(4,5)6)33-18-12-11-13-26(25)33/h7-18,20,23-24,31-32,35H,19,21-22H2,1-6H3,(H2,42,48)(H,43,49)(H,44,47)(H,45,51)/t24-,32-,35-/m0/s1. The Morgan fingerprint density at radius 3 is 2.00 bits per heavy atom. The summed E-state index contributed by atoms with van der Waals surface area (Å²) in [5, 5.41) is 8.25. The number of carbonyl (C=O) groups excluding carboxylic acids is 6. The highest BCUT2D eigenvalue weighted by atomic mass is 16.6. The number of nitrogens with zero attached hydrogens (tertiary/aromatic N) is 1. The first kappa shape index (κ1) is 40.0. The lowest BCUT2D eigenvalue weighted by Gasteiger charge is -2.24. The zero-order valence-electron chi connectivity index (χ0n) is 31.7. The van der Waals surface area contributed by atoms with Gasteiger partial charge in [-0.3, -0.25) is 19.0 Å². The summed E-state index contributed by atoms with van der Waals surface area (Å²) in [5.41, 5.74) is 10.2. The summed E-state index contributed by atoms with van der Waals surface area (Å²) in [6, 6.07) is 19.4. The van der Waals surface area contributed by atoms with Crippen LogP contribution in [0.2, 0.25) is 0 Å². The van der Waals surface area contributed by atoms with Crippen molar-refractivity contribution in [2.75, 3.05) is 13.2 Å². The lowest BCUT2D eigenvalue weighted by molar-refractivity contribution is -0.151. The summed E-state index contributed by atoms with van der Waals surface area (Å²) in [6.45, 7) is 9.34. The fourth-order valence-electron chi connectivity index (χ4n) is 6.48. The molecule has 1 aromatic heterocycles. The Bertz CT molecular complexity index is 2060. The second-order valence-corrected chi connectivity index (χ2v) is 14.8. The van der Waals surface area contributed by atoms with Crippen molar-refractivity contribution in [3.63, 3.8) is 0 Å². The highest BCUT2D eigenvalue weighted by molar-refractivity contribution is 5.94. The van der Waals surface area contributed by atoms with Crippen LogP contribution in [0.1, 0.15) is 64.2 Å². The van der Waals surface area contributed by atoms with Crippen LogP contribution in [0.4, 0.5) is 9.59 Å². The van der Waals surface area contributed by atoms with E-state index in [4.69, 9.17) is 19.9 Å². The maximum atomic E-state index is 13.2. The molecule has 4 aromatic rings. The second-order valence-electron chi connectivity index (χ2n) is 14.8. The van der Waals surface area contributed by atoms with E-state index in [1.165, 1.54) is 17.7 Å². The first-order valence-corrected chi connectivity index (χ1v) is 18.0. The Morgan fingerprint density at radius 2 is 1.40 bits per heavy atom. The van der Waals surface area contributed by atoms with Gasteiger partial charge >= 0.3 is 18.2 Å². The first-order chi connectivity index (χ1) is 26.0. The van der Waals surface area contributed by atoms with Gasteiger partial charge in [0.1, 0.15) is 30.3 Å². The normalized spacial score (nSPS) is 13.9. The van der Waals surface area contributed by atoms with Gasteiger partial charge in [0.25, 0.3) is 5.91 Å². The highest BCUT2D eigenvalue weighted by Crippen LogP contribution is 2.44. The molecule has 3 atom stereocenters. The fraction of sp³-hybridized carbons (Fsp3) is 0.366. The molecule has 14 nitrogen and oxygen atoms in total. The van der Waals surface area contributed by atoms with E-state index >= 15 is 0 Å².